The number of methoxy groups -OCH3 is 1. The van der Waals surface area contributed by atoms with Gasteiger partial charge in [0.25, 0.3) is 0 Å². The van der Waals surface area contributed by atoms with Crippen molar-refractivity contribution in [3.05, 3.63) is 47.8 Å². The average Bonchev–Trinajstić information content (AvgIpc) is 2.80. The minimum absolute atomic E-state index is 0.346. The van der Waals surface area contributed by atoms with Gasteiger partial charge in [0.15, 0.2) is 5.65 Å². The first-order valence-electron chi connectivity index (χ1n) is 6.37. The van der Waals surface area contributed by atoms with Crippen molar-refractivity contribution < 1.29 is 4.74 Å². The Labute approximate surface area is 121 Å². The maximum atomic E-state index is 9.36. The topological polar surface area (TPSA) is 89.8 Å². The first-order chi connectivity index (χ1) is 10.3. The van der Waals surface area contributed by atoms with Crippen molar-refractivity contribution in [3.8, 4) is 11.9 Å². The zero-order valence-corrected chi connectivity index (χ0v) is 11.4. The molecule has 0 aliphatic carbocycles. The summed E-state index contributed by atoms with van der Waals surface area (Å²) in [4.78, 5) is 8.30. The largest absolute Gasteiger partial charge is 0.480 e. The fourth-order valence-corrected chi connectivity index (χ4v) is 2.36. The van der Waals surface area contributed by atoms with Crippen LogP contribution in [0, 0.1) is 11.3 Å². The third-order valence-corrected chi connectivity index (χ3v) is 3.33. The van der Waals surface area contributed by atoms with Gasteiger partial charge in [-0.1, -0.05) is 30.3 Å². The molecule has 0 aliphatic heterocycles. The summed E-state index contributed by atoms with van der Waals surface area (Å²) in [6, 6.07) is 12.0. The lowest BCUT2D eigenvalue weighted by atomic mass is 10.2. The van der Waals surface area contributed by atoms with E-state index >= 15 is 0 Å². The predicted octanol–water partition coefficient (Wildman–Crippen LogP) is 1.94. The highest BCUT2D eigenvalue weighted by molar-refractivity contribution is 5.93. The molecule has 6 nitrogen and oxygen atoms in total. The highest BCUT2D eigenvalue weighted by atomic mass is 16.5. The highest BCUT2D eigenvalue weighted by Gasteiger charge is 2.20. The van der Waals surface area contributed by atoms with E-state index in [1.807, 2.05) is 30.3 Å². The predicted molar refractivity (Wildman–Crippen MR) is 78.8 cm³/mol. The van der Waals surface area contributed by atoms with Gasteiger partial charge in [0.1, 0.15) is 29.2 Å². The fraction of sp³-hybridized carbons (Fsp3) is 0.133. The molecule has 0 aliphatic rings. The number of nitrogen functional groups attached to an aromatic ring is 1. The number of nitrogens with zero attached hydrogens (tertiary/aromatic N) is 4. The molecule has 0 atom stereocenters. The highest BCUT2D eigenvalue weighted by Crippen LogP contribution is 2.32. The summed E-state index contributed by atoms with van der Waals surface area (Å²) in [6.07, 6.45) is 1.41. The van der Waals surface area contributed by atoms with Gasteiger partial charge in [0.05, 0.1) is 13.7 Å². The van der Waals surface area contributed by atoms with E-state index in [4.69, 9.17) is 10.5 Å². The third kappa shape index (κ3) is 2.05. The molecule has 3 aromatic rings. The molecule has 21 heavy (non-hydrogen) atoms. The Bertz CT molecular complexity index is 833. The molecule has 0 radical (unpaired) electrons. The van der Waals surface area contributed by atoms with E-state index in [9.17, 15) is 5.26 Å². The maximum absolute atomic E-state index is 9.36. The number of hydrogen-bond acceptors (Lipinski definition) is 5. The summed E-state index contributed by atoms with van der Waals surface area (Å²) < 4.78 is 7.02. The molecule has 3 rings (SSSR count). The van der Waals surface area contributed by atoms with Crippen molar-refractivity contribution in [2.24, 2.45) is 0 Å². The second-order valence-corrected chi connectivity index (χ2v) is 4.53. The summed E-state index contributed by atoms with van der Waals surface area (Å²) in [5, 5.41) is 9.91. The van der Waals surface area contributed by atoms with Crippen molar-refractivity contribution in [1.29, 1.82) is 5.26 Å². The molecule has 2 N–H and O–H groups in total. The van der Waals surface area contributed by atoms with Gasteiger partial charge in [0, 0.05) is 0 Å². The maximum Gasteiger partial charge on any atom is 0.227 e. The number of anilines is 1. The van der Waals surface area contributed by atoms with Crippen LogP contribution in [0.5, 0.6) is 5.88 Å². The number of hydrogen-bond donors (Lipinski definition) is 1. The van der Waals surface area contributed by atoms with Crippen LogP contribution < -0.4 is 10.5 Å². The normalized spacial score (nSPS) is 10.5. The molecule has 1 aromatic carbocycles. The Morgan fingerprint density at radius 3 is 2.71 bits per heavy atom. The molecular weight excluding hydrogens is 266 g/mol. The van der Waals surface area contributed by atoms with Gasteiger partial charge in [-0.3, -0.25) is 0 Å². The van der Waals surface area contributed by atoms with Gasteiger partial charge in [-0.05, 0) is 5.56 Å². The van der Waals surface area contributed by atoms with E-state index in [0.717, 1.165) is 5.56 Å². The zero-order chi connectivity index (χ0) is 14.8. The summed E-state index contributed by atoms with van der Waals surface area (Å²) >= 11 is 0. The molecule has 0 bridgehead atoms. The Balaban J connectivity index is 2.24. The van der Waals surface area contributed by atoms with Crippen LogP contribution in [0.2, 0.25) is 0 Å². The molecule has 6 heteroatoms. The molecule has 0 spiro atoms. The van der Waals surface area contributed by atoms with Crippen LogP contribution in [-0.2, 0) is 6.54 Å². The van der Waals surface area contributed by atoms with Gasteiger partial charge in [-0.25, -0.2) is 9.97 Å². The molecule has 2 aromatic heterocycles. The lowest BCUT2D eigenvalue weighted by Gasteiger charge is -2.07. The standard InChI is InChI=1S/C15H13N5O/c1-21-15-12-11(7-16)13(17)20(14(12)18-9-19-15)8-10-5-3-2-4-6-10/h2-6,9H,8,17H2,1H3. The number of aromatic nitrogens is 3. The molecule has 104 valence electrons. The van der Waals surface area contributed by atoms with Crippen LogP contribution >= 0.6 is 0 Å². The third-order valence-electron chi connectivity index (χ3n) is 3.33. The Morgan fingerprint density at radius 2 is 2.05 bits per heavy atom. The van der Waals surface area contributed by atoms with E-state index in [0.29, 0.717) is 34.8 Å². The monoisotopic (exact) mass is 279 g/mol. The summed E-state index contributed by atoms with van der Waals surface area (Å²) in [6.45, 7) is 0.533. The summed E-state index contributed by atoms with van der Waals surface area (Å²) in [5.74, 6) is 0.727. The van der Waals surface area contributed by atoms with Crippen molar-refractivity contribution in [3.63, 3.8) is 0 Å². The van der Waals surface area contributed by atoms with Gasteiger partial charge in [-0.2, -0.15) is 5.26 Å². The molecule has 0 unspecified atom stereocenters. The van der Waals surface area contributed by atoms with E-state index < -0.39 is 0 Å². The first kappa shape index (κ1) is 12.9. The second-order valence-electron chi connectivity index (χ2n) is 4.53. The average molecular weight is 279 g/mol. The van der Waals surface area contributed by atoms with Crippen LogP contribution in [0.15, 0.2) is 36.7 Å². The molecule has 2 heterocycles. The van der Waals surface area contributed by atoms with Crippen molar-refractivity contribution in [2.45, 2.75) is 6.54 Å². The minimum atomic E-state index is 0.346. The van der Waals surface area contributed by atoms with E-state index in [1.54, 1.807) is 4.57 Å². The summed E-state index contributed by atoms with van der Waals surface area (Å²) in [5.41, 5.74) is 8.13. The van der Waals surface area contributed by atoms with Crippen LogP contribution in [0.25, 0.3) is 11.0 Å². The quantitative estimate of drug-likeness (QED) is 0.791. The molecule has 0 amide bonds. The Morgan fingerprint density at radius 1 is 1.29 bits per heavy atom. The van der Waals surface area contributed by atoms with Crippen molar-refractivity contribution in [1.82, 2.24) is 14.5 Å². The fourth-order valence-electron chi connectivity index (χ4n) is 2.36. The molecule has 0 saturated heterocycles. The van der Waals surface area contributed by atoms with E-state index in [-0.39, 0.29) is 0 Å². The lowest BCUT2D eigenvalue weighted by Crippen LogP contribution is -2.05. The minimum Gasteiger partial charge on any atom is -0.480 e. The molecular formula is C15H13N5O. The van der Waals surface area contributed by atoms with Crippen LogP contribution in [0.4, 0.5) is 5.82 Å². The van der Waals surface area contributed by atoms with Gasteiger partial charge >= 0.3 is 0 Å². The second kappa shape index (κ2) is 5.13. The number of benzene rings is 1. The number of ether oxygens (including phenoxy) is 1. The van der Waals surface area contributed by atoms with Gasteiger partial charge in [0.2, 0.25) is 5.88 Å². The number of nitriles is 1. The van der Waals surface area contributed by atoms with E-state index in [1.165, 1.54) is 13.4 Å². The Kier molecular flexibility index (Phi) is 3.16. The van der Waals surface area contributed by atoms with Crippen molar-refractivity contribution >= 4 is 16.9 Å². The van der Waals surface area contributed by atoms with Crippen molar-refractivity contribution in [2.75, 3.05) is 12.8 Å². The van der Waals surface area contributed by atoms with Crippen LogP contribution in [-0.4, -0.2) is 21.6 Å². The SMILES string of the molecule is COc1ncnc2c1c(C#N)c(N)n2Cc1ccccc1. The Hall–Kier alpha value is -3.07. The summed E-state index contributed by atoms with van der Waals surface area (Å²) in [7, 11) is 1.51. The molecule has 0 saturated carbocycles. The van der Waals surface area contributed by atoms with E-state index in [2.05, 4.69) is 16.0 Å². The zero-order valence-electron chi connectivity index (χ0n) is 11.4. The van der Waals surface area contributed by atoms with Crippen LogP contribution in [0.1, 0.15) is 11.1 Å². The van der Waals surface area contributed by atoms with Crippen LogP contribution in [0.3, 0.4) is 0 Å². The molecule has 0 fully saturated rings. The lowest BCUT2D eigenvalue weighted by molar-refractivity contribution is 0.402. The number of fused-ring (bicyclic) bond motifs is 1. The first-order valence-corrected chi connectivity index (χ1v) is 6.37. The van der Waals surface area contributed by atoms with Gasteiger partial charge < -0.3 is 15.0 Å². The smallest absolute Gasteiger partial charge is 0.227 e. The number of nitrogens with two attached hydrogens (primary N) is 1. The number of rotatable bonds is 3. The van der Waals surface area contributed by atoms with Gasteiger partial charge in [-0.15, -0.1) is 0 Å².